The van der Waals surface area contributed by atoms with Gasteiger partial charge in [0.1, 0.15) is 0 Å². The summed E-state index contributed by atoms with van der Waals surface area (Å²) in [5, 5.41) is 3.46. The van der Waals surface area contributed by atoms with Gasteiger partial charge in [-0.1, -0.05) is 20.3 Å². The molecule has 0 bridgehead atoms. The van der Waals surface area contributed by atoms with Crippen molar-refractivity contribution < 1.29 is 0 Å². The third-order valence-electron chi connectivity index (χ3n) is 4.30. The summed E-state index contributed by atoms with van der Waals surface area (Å²) in [5.41, 5.74) is 0. The van der Waals surface area contributed by atoms with Crippen LogP contribution in [-0.2, 0) is 0 Å². The Morgan fingerprint density at radius 1 is 1.18 bits per heavy atom. The van der Waals surface area contributed by atoms with E-state index in [0.29, 0.717) is 0 Å². The Kier molecular flexibility index (Phi) is 7.87. The van der Waals surface area contributed by atoms with Crippen LogP contribution in [-0.4, -0.2) is 37.1 Å². The van der Waals surface area contributed by atoms with Gasteiger partial charge < -0.3 is 10.2 Å². The Morgan fingerprint density at radius 3 is 2.47 bits per heavy atom. The molecular formula is C15H32N2. The van der Waals surface area contributed by atoms with Crippen LogP contribution in [0.25, 0.3) is 0 Å². The molecule has 1 atom stereocenters. The van der Waals surface area contributed by atoms with E-state index < -0.39 is 0 Å². The van der Waals surface area contributed by atoms with Crippen LogP contribution in [0.1, 0.15) is 59.3 Å². The molecule has 1 unspecified atom stereocenters. The minimum atomic E-state index is 0.767. The molecule has 1 N–H and O–H groups in total. The number of rotatable bonds is 8. The molecule has 17 heavy (non-hydrogen) atoms. The highest BCUT2D eigenvalue weighted by Gasteiger charge is 2.16. The smallest absolute Gasteiger partial charge is 0.00643 e. The predicted octanol–water partition coefficient (Wildman–Crippen LogP) is 3.28. The molecule has 1 rings (SSSR count). The van der Waals surface area contributed by atoms with Gasteiger partial charge in [-0.2, -0.15) is 0 Å². The van der Waals surface area contributed by atoms with E-state index in [-0.39, 0.29) is 0 Å². The number of nitrogens with zero attached hydrogens (tertiary/aromatic N) is 1. The van der Waals surface area contributed by atoms with E-state index in [4.69, 9.17) is 0 Å². The van der Waals surface area contributed by atoms with Crippen molar-refractivity contribution >= 4 is 0 Å². The first-order valence-corrected chi connectivity index (χ1v) is 7.72. The SMILES string of the molecule is CCCCN(CCC1CCNCC1)C(C)CC. The molecule has 1 aliphatic rings. The summed E-state index contributed by atoms with van der Waals surface area (Å²) >= 11 is 0. The Labute approximate surface area is 108 Å². The predicted molar refractivity (Wildman–Crippen MR) is 76.4 cm³/mol. The first-order valence-electron chi connectivity index (χ1n) is 7.72. The summed E-state index contributed by atoms with van der Waals surface area (Å²) < 4.78 is 0. The summed E-state index contributed by atoms with van der Waals surface area (Å²) in [7, 11) is 0. The van der Waals surface area contributed by atoms with Crippen LogP contribution in [0.3, 0.4) is 0 Å². The second kappa shape index (κ2) is 8.93. The Morgan fingerprint density at radius 2 is 1.88 bits per heavy atom. The van der Waals surface area contributed by atoms with E-state index in [2.05, 4.69) is 31.0 Å². The maximum Gasteiger partial charge on any atom is 0.00643 e. The molecule has 1 aliphatic heterocycles. The molecule has 0 radical (unpaired) electrons. The van der Waals surface area contributed by atoms with Gasteiger partial charge >= 0.3 is 0 Å². The molecule has 2 nitrogen and oxygen atoms in total. The zero-order valence-electron chi connectivity index (χ0n) is 12.2. The number of nitrogens with one attached hydrogen (secondary N) is 1. The molecule has 102 valence electrons. The highest BCUT2D eigenvalue weighted by Crippen LogP contribution is 2.17. The molecule has 0 saturated carbocycles. The van der Waals surface area contributed by atoms with Crippen LogP contribution in [0.2, 0.25) is 0 Å². The zero-order chi connectivity index (χ0) is 12.5. The summed E-state index contributed by atoms with van der Waals surface area (Å²) in [4.78, 5) is 2.71. The van der Waals surface area contributed by atoms with Crippen molar-refractivity contribution in [3.8, 4) is 0 Å². The fourth-order valence-electron chi connectivity index (χ4n) is 2.69. The largest absolute Gasteiger partial charge is 0.317 e. The summed E-state index contributed by atoms with van der Waals surface area (Å²) in [6.45, 7) is 12.1. The Hall–Kier alpha value is -0.0800. The number of hydrogen-bond donors (Lipinski definition) is 1. The van der Waals surface area contributed by atoms with Crippen LogP contribution < -0.4 is 5.32 Å². The van der Waals surface area contributed by atoms with Gasteiger partial charge in [0.15, 0.2) is 0 Å². The molecule has 1 fully saturated rings. The van der Waals surface area contributed by atoms with Gasteiger partial charge in [-0.25, -0.2) is 0 Å². The molecule has 1 saturated heterocycles. The Bertz CT molecular complexity index is 176. The quantitative estimate of drug-likeness (QED) is 0.700. The first-order chi connectivity index (χ1) is 8.27. The lowest BCUT2D eigenvalue weighted by Gasteiger charge is -2.31. The van der Waals surface area contributed by atoms with Crippen LogP contribution in [0, 0.1) is 5.92 Å². The van der Waals surface area contributed by atoms with Crippen molar-refractivity contribution in [3.05, 3.63) is 0 Å². The van der Waals surface area contributed by atoms with Gasteiger partial charge in [0.25, 0.3) is 0 Å². The fraction of sp³-hybridized carbons (Fsp3) is 1.00. The van der Waals surface area contributed by atoms with Crippen molar-refractivity contribution in [2.75, 3.05) is 26.2 Å². The monoisotopic (exact) mass is 240 g/mol. The molecular weight excluding hydrogens is 208 g/mol. The molecule has 2 heteroatoms. The summed E-state index contributed by atoms with van der Waals surface area (Å²) in [6.07, 6.45) is 8.16. The average molecular weight is 240 g/mol. The highest BCUT2D eigenvalue weighted by atomic mass is 15.1. The molecule has 0 aromatic heterocycles. The average Bonchev–Trinajstić information content (AvgIpc) is 2.39. The zero-order valence-corrected chi connectivity index (χ0v) is 12.2. The van der Waals surface area contributed by atoms with Gasteiger partial charge in [-0.05, 0) is 71.1 Å². The van der Waals surface area contributed by atoms with Crippen molar-refractivity contribution in [2.24, 2.45) is 5.92 Å². The van der Waals surface area contributed by atoms with Crippen LogP contribution in [0.5, 0.6) is 0 Å². The normalized spacial score (nSPS) is 19.8. The van der Waals surface area contributed by atoms with Crippen LogP contribution in [0.4, 0.5) is 0 Å². The third kappa shape index (κ3) is 5.87. The van der Waals surface area contributed by atoms with E-state index in [1.165, 1.54) is 64.7 Å². The minimum absolute atomic E-state index is 0.767. The van der Waals surface area contributed by atoms with Gasteiger partial charge in [-0.15, -0.1) is 0 Å². The maximum atomic E-state index is 3.46. The van der Waals surface area contributed by atoms with Crippen LogP contribution in [0.15, 0.2) is 0 Å². The summed E-state index contributed by atoms with van der Waals surface area (Å²) in [6, 6.07) is 0.767. The maximum absolute atomic E-state index is 3.46. The number of hydrogen-bond acceptors (Lipinski definition) is 2. The molecule has 0 aromatic rings. The van der Waals surface area contributed by atoms with E-state index in [9.17, 15) is 0 Å². The summed E-state index contributed by atoms with van der Waals surface area (Å²) in [5.74, 6) is 0.976. The third-order valence-corrected chi connectivity index (χ3v) is 4.30. The minimum Gasteiger partial charge on any atom is -0.317 e. The van der Waals surface area contributed by atoms with Gasteiger partial charge in [0.2, 0.25) is 0 Å². The second-order valence-electron chi connectivity index (χ2n) is 5.63. The lowest BCUT2D eigenvalue weighted by atomic mass is 9.94. The van der Waals surface area contributed by atoms with Gasteiger partial charge in [0.05, 0.1) is 0 Å². The second-order valence-corrected chi connectivity index (χ2v) is 5.63. The van der Waals surface area contributed by atoms with Crippen LogP contribution >= 0.6 is 0 Å². The van der Waals surface area contributed by atoms with Crippen molar-refractivity contribution in [1.29, 1.82) is 0 Å². The first kappa shape index (κ1) is 15.0. The number of piperidine rings is 1. The molecule has 0 aliphatic carbocycles. The van der Waals surface area contributed by atoms with E-state index in [1.807, 2.05) is 0 Å². The van der Waals surface area contributed by atoms with E-state index in [0.717, 1.165) is 12.0 Å². The highest BCUT2D eigenvalue weighted by molar-refractivity contribution is 4.72. The standard InChI is InChI=1S/C15H32N2/c1-4-6-12-17(14(3)5-2)13-9-15-7-10-16-11-8-15/h14-16H,4-13H2,1-3H3. The fourth-order valence-corrected chi connectivity index (χ4v) is 2.69. The number of unbranched alkanes of at least 4 members (excludes halogenated alkanes) is 1. The van der Waals surface area contributed by atoms with Gasteiger partial charge in [-0.3, -0.25) is 0 Å². The van der Waals surface area contributed by atoms with Gasteiger partial charge in [0, 0.05) is 6.04 Å². The molecule has 0 aromatic carbocycles. The molecule has 0 amide bonds. The molecule has 0 spiro atoms. The van der Waals surface area contributed by atoms with Crippen molar-refractivity contribution in [1.82, 2.24) is 10.2 Å². The topological polar surface area (TPSA) is 15.3 Å². The molecule has 1 heterocycles. The van der Waals surface area contributed by atoms with E-state index in [1.54, 1.807) is 0 Å². The lowest BCUT2D eigenvalue weighted by Crippen LogP contribution is -2.36. The lowest BCUT2D eigenvalue weighted by molar-refractivity contribution is 0.179. The van der Waals surface area contributed by atoms with E-state index >= 15 is 0 Å². The van der Waals surface area contributed by atoms with Crippen molar-refractivity contribution in [3.63, 3.8) is 0 Å². The Balaban J connectivity index is 2.26. The van der Waals surface area contributed by atoms with Crippen molar-refractivity contribution in [2.45, 2.75) is 65.3 Å².